The quantitative estimate of drug-likeness (QED) is 0.653. The van der Waals surface area contributed by atoms with E-state index in [0.717, 1.165) is 0 Å². The van der Waals surface area contributed by atoms with Crippen molar-refractivity contribution in [3.05, 3.63) is 59.4 Å². The minimum absolute atomic E-state index is 0.0165. The minimum Gasteiger partial charge on any atom is -0.501 e. The van der Waals surface area contributed by atoms with Crippen LogP contribution in [0.4, 0.5) is 5.88 Å². The first-order valence-corrected chi connectivity index (χ1v) is 9.00. The number of hydrogen-bond acceptors (Lipinski definition) is 7. The molecule has 3 N–H and O–H groups in total. The Balaban J connectivity index is 1.89. The zero-order chi connectivity index (χ0) is 18.0. The third kappa shape index (κ3) is 3.86. The summed E-state index contributed by atoms with van der Waals surface area (Å²) >= 11 is 5.81. The van der Waals surface area contributed by atoms with Crippen molar-refractivity contribution < 1.29 is 22.1 Å². The number of rotatable bonds is 5. The number of anilines is 1. The van der Waals surface area contributed by atoms with Crippen molar-refractivity contribution in [2.24, 2.45) is 0 Å². The number of hydrogen-bond donors (Lipinski definition) is 2. The summed E-state index contributed by atoms with van der Waals surface area (Å²) in [5.41, 5.74) is 6.41. The molecule has 9 heteroatoms. The van der Waals surface area contributed by atoms with Gasteiger partial charge in [-0.15, -0.1) is 0 Å². The fraction of sp³-hybridized carbons (Fsp3) is 0.0625. The molecule has 25 heavy (non-hydrogen) atoms. The third-order valence-electron chi connectivity index (χ3n) is 3.23. The zero-order valence-electron chi connectivity index (χ0n) is 12.7. The Morgan fingerprint density at radius 2 is 1.92 bits per heavy atom. The summed E-state index contributed by atoms with van der Waals surface area (Å²) in [7, 11) is -4.09. The zero-order valence-corrected chi connectivity index (χ0v) is 14.3. The summed E-state index contributed by atoms with van der Waals surface area (Å²) in [5, 5.41) is 10.7. The molecule has 2 aromatic heterocycles. The number of furan rings is 1. The maximum Gasteiger partial charge on any atom is 0.315 e. The van der Waals surface area contributed by atoms with Crippen LogP contribution >= 0.6 is 11.6 Å². The largest absolute Gasteiger partial charge is 0.501 e. The van der Waals surface area contributed by atoms with E-state index in [2.05, 4.69) is 4.98 Å². The Morgan fingerprint density at radius 3 is 2.56 bits per heavy atom. The molecule has 0 aliphatic rings. The molecule has 0 aliphatic heterocycles. The van der Waals surface area contributed by atoms with Gasteiger partial charge in [0.2, 0.25) is 17.4 Å². The summed E-state index contributed by atoms with van der Waals surface area (Å²) in [6.07, 6.45) is 1.47. The van der Waals surface area contributed by atoms with Gasteiger partial charge in [-0.3, -0.25) is 4.98 Å². The predicted octanol–water partition coefficient (Wildman–Crippen LogP) is 3.19. The van der Waals surface area contributed by atoms with Gasteiger partial charge in [0, 0.05) is 16.8 Å². The molecule has 3 aromatic rings. The average molecular weight is 381 g/mol. The number of benzene rings is 1. The van der Waals surface area contributed by atoms with Crippen LogP contribution in [0, 0.1) is 0 Å². The van der Waals surface area contributed by atoms with Gasteiger partial charge >= 0.3 is 10.1 Å². The highest BCUT2D eigenvalue weighted by Gasteiger charge is 2.26. The van der Waals surface area contributed by atoms with E-state index in [-0.39, 0.29) is 11.6 Å². The van der Waals surface area contributed by atoms with Gasteiger partial charge in [-0.2, -0.15) is 8.42 Å². The van der Waals surface area contributed by atoms with Crippen LogP contribution in [-0.4, -0.2) is 18.5 Å². The van der Waals surface area contributed by atoms with E-state index in [1.807, 2.05) is 0 Å². The van der Waals surface area contributed by atoms with Crippen molar-refractivity contribution in [1.82, 2.24) is 4.98 Å². The molecule has 0 amide bonds. The van der Waals surface area contributed by atoms with E-state index < -0.39 is 27.4 Å². The van der Waals surface area contributed by atoms with Gasteiger partial charge in [0.05, 0.1) is 5.69 Å². The molecule has 0 fully saturated rings. The summed E-state index contributed by atoms with van der Waals surface area (Å²) in [5.74, 6) is -1.82. The molecule has 1 aromatic carbocycles. The van der Waals surface area contributed by atoms with Crippen LogP contribution < -0.4 is 9.92 Å². The molecule has 0 saturated heterocycles. The molecule has 0 unspecified atom stereocenters. The number of halogens is 1. The lowest BCUT2D eigenvalue weighted by molar-refractivity contribution is 0.432. The number of nitrogens with two attached hydrogens (primary N) is 1. The van der Waals surface area contributed by atoms with Gasteiger partial charge in [-0.25, -0.2) is 0 Å². The molecule has 7 nitrogen and oxygen atoms in total. The smallest absolute Gasteiger partial charge is 0.315 e. The highest BCUT2D eigenvalue weighted by atomic mass is 35.5. The molecule has 3 rings (SSSR count). The SMILES string of the molecule is Nc1oc(-c2ccc(Cl)cc2)c(O)c1OS(=O)(=O)Cc1ccccn1. The molecule has 0 bridgehead atoms. The van der Waals surface area contributed by atoms with Gasteiger partial charge < -0.3 is 19.4 Å². The van der Waals surface area contributed by atoms with Crippen molar-refractivity contribution >= 4 is 27.6 Å². The molecule has 2 heterocycles. The number of aromatic nitrogens is 1. The van der Waals surface area contributed by atoms with Gasteiger partial charge in [-0.1, -0.05) is 17.7 Å². The summed E-state index contributed by atoms with van der Waals surface area (Å²) in [4.78, 5) is 3.92. The summed E-state index contributed by atoms with van der Waals surface area (Å²) in [6, 6.07) is 11.2. The molecule has 0 radical (unpaired) electrons. The van der Waals surface area contributed by atoms with Crippen molar-refractivity contribution in [2.75, 3.05) is 5.73 Å². The summed E-state index contributed by atoms with van der Waals surface area (Å²) < 4.78 is 34.5. The van der Waals surface area contributed by atoms with Gasteiger partial charge in [-0.05, 0) is 36.4 Å². The average Bonchev–Trinajstić information content (AvgIpc) is 2.84. The fourth-order valence-corrected chi connectivity index (χ4v) is 3.26. The molecule has 0 saturated carbocycles. The molecular weight excluding hydrogens is 368 g/mol. The van der Waals surface area contributed by atoms with Crippen molar-refractivity contribution in [3.63, 3.8) is 0 Å². The topological polar surface area (TPSA) is 116 Å². The van der Waals surface area contributed by atoms with Crippen LogP contribution in [0.1, 0.15) is 5.69 Å². The van der Waals surface area contributed by atoms with E-state index in [1.165, 1.54) is 6.20 Å². The van der Waals surface area contributed by atoms with Crippen LogP contribution in [0.3, 0.4) is 0 Å². The van der Waals surface area contributed by atoms with Crippen LogP contribution in [0.25, 0.3) is 11.3 Å². The van der Waals surface area contributed by atoms with Crippen molar-refractivity contribution in [3.8, 4) is 22.8 Å². The van der Waals surface area contributed by atoms with Gasteiger partial charge in [0.25, 0.3) is 0 Å². The molecule has 0 atom stereocenters. The first-order valence-electron chi connectivity index (χ1n) is 7.05. The van der Waals surface area contributed by atoms with Crippen LogP contribution in [0.2, 0.25) is 5.02 Å². The van der Waals surface area contributed by atoms with Crippen molar-refractivity contribution in [2.45, 2.75) is 5.75 Å². The molecular formula is C16H13ClN2O5S. The lowest BCUT2D eigenvalue weighted by atomic mass is 10.1. The van der Waals surface area contributed by atoms with Crippen molar-refractivity contribution in [1.29, 1.82) is 0 Å². The molecule has 130 valence electrons. The Bertz CT molecular complexity index is 985. The second-order valence-electron chi connectivity index (χ2n) is 5.09. The second-order valence-corrected chi connectivity index (χ2v) is 7.09. The number of nitrogens with zero attached hydrogens (tertiary/aromatic N) is 1. The van der Waals surface area contributed by atoms with E-state index in [1.54, 1.807) is 42.5 Å². The second kappa shape index (κ2) is 6.66. The normalized spacial score (nSPS) is 11.4. The number of aromatic hydroxyl groups is 1. The predicted molar refractivity (Wildman–Crippen MR) is 92.7 cm³/mol. The summed E-state index contributed by atoms with van der Waals surface area (Å²) in [6.45, 7) is 0. The van der Waals surface area contributed by atoms with Gasteiger partial charge in [0.15, 0.2) is 5.76 Å². The van der Waals surface area contributed by atoms with E-state index in [9.17, 15) is 13.5 Å². The highest BCUT2D eigenvalue weighted by molar-refractivity contribution is 7.86. The Hall–Kier alpha value is -2.71. The standard InChI is InChI=1S/C16H13ClN2O5S/c17-11-6-4-10(5-7-11)14-13(20)15(16(18)23-14)24-25(21,22)9-12-3-1-2-8-19-12/h1-8,20H,9,18H2. The monoisotopic (exact) mass is 380 g/mol. The maximum absolute atomic E-state index is 12.2. The molecule has 0 aliphatic carbocycles. The minimum atomic E-state index is -4.09. The van der Waals surface area contributed by atoms with Crippen LogP contribution in [-0.2, 0) is 15.9 Å². The van der Waals surface area contributed by atoms with E-state index >= 15 is 0 Å². The maximum atomic E-state index is 12.2. The Labute approximate surface area is 148 Å². The lowest BCUT2D eigenvalue weighted by Crippen LogP contribution is -2.13. The Kier molecular flexibility index (Phi) is 4.56. The van der Waals surface area contributed by atoms with E-state index in [4.69, 9.17) is 25.9 Å². The number of pyridine rings is 1. The first-order chi connectivity index (χ1) is 11.9. The first kappa shape index (κ1) is 17.1. The van der Waals surface area contributed by atoms with Crippen LogP contribution in [0.5, 0.6) is 11.5 Å². The van der Waals surface area contributed by atoms with Gasteiger partial charge in [0.1, 0.15) is 5.75 Å². The van der Waals surface area contributed by atoms with Crippen LogP contribution in [0.15, 0.2) is 53.1 Å². The molecule has 0 spiro atoms. The fourth-order valence-electron chi connectivity index (χ4n) is 2.12. The third-order valence-corrected chi connectivity index (χ3v) is 4.56. The highest BCUT2D eigenvalue weighted by Crippen LogP contribution is 2.45. The Morgan fingerprint density at radius 1 is 1.20 bits per heavy atom. The number of nitrogen functional groups attached to an aromatic ring is 1. The van der Waals surface area contributed by atoms with E-state index in [0.29, 0.717) is 16.3 Å². The lowest BCUT2D eigenvalue weighted by Gasteiger charge is -2.05.